The van der Waals surface area contributed by atoms with Gasteiger partial charge >= 0.3 is 0 Å². The second kappa shape index (κ2) is 5.93. The highest BCUT2D eigenvalue weighted by Gasteiger charge is 2.03. The summed E-state index contributed by atoms with van der Waals surface area (Å²) < 4.78 is 27.1. The van der Waals surface area contributed by atoms with E-state index in [0.717, 1.165) is 16.1 Å². The zero-order chi connectivity index (χ0) is 13.8. The van der Waals surface area contributed by atoms with E-state index in [0.29, 0.717) is 5.71 Å². The Morgan fingerprint density at radius 3 is 2.63 bits per heavy atom. The number of nitrogens with one attached hydrogen (secondary N) is 1. The van der Waals surface area contributed by atoms with E-state index < -0.39 is 11.6 Å². The van der Waals surface area contributed by atoms with Gasteiger partial charge in [0.15, 0.2) is 5.82 Å². The van der Waals surface area contributed by atoms with Crippen molar-refractivity contribution in [1.82, 2.24) is 0 Å². The van der Waals surface area contributed by atoms with Crippen LogP contribution < -0.4 is 5.43 Å². The van der Waals surface area contributed by atoms with Crippen LogP contribution in [0, 0.1) is 11.6 Å². The first-order chi connectivity index (χ1) is 9.06. The molecule has 0 bridgehead atoms. The van der Waals surface area contributed by atoms with Crippen molar-refractivity contribution >= 4 is 27.3 Å². The Morgan fingerprint density at radius 2 is 1.95 bits per heavy atom. The first-order valence-electron chi connectivity index (χ1n) is 5.57. The number of nitrogens with zero attached hydrogens (tertiary/aromatic N) is 1. The second-order valence-electron chi connectivity index (χ2n) is 3.94. The van der Waals surface area contributed by atoms with E-state index in [9.17, 15) is 8.78 Å². The zero-order valence-electron chi connectivity index (χ0n) is 10.1. The van der Waals surface area contributed by atoms with Gasteiger partial charge in [-0.3, -0.25) is 5.43 Å². The molecule has 0 spiro atoms. The first kappa shape index (κ1) is 13.7. The Bertz CT molecular complexity index is 627. The molecule has 2 rings (SSSR count). The maximum atomic E-state index is 13.4. The molecule has 0 heterocycles. The molecule has 0 amide bonds. The number of rotatable bonds is 3. The largest absolute Gasteiger partial charge is 0.275 e. The van der Waals surface area contributed by atoms with E-state index in [2.05, 4.69) is 26.5 Å². The smallest absolute Gasteiger partial charge is 0.151 e. The topological polar surface area (TPSA) is 24.4 Å². The Hall–Kier alpha value is -1.75. The summed E-state index contributed by atoms with van der Waals surface area (Å²) in [6.45, 7) is 1.80. The predicted octanol–water partition coefficient (Wildman–Crippen LogP) is 4.56. The van der Waals surface area contributed by atoms with Crippen molar-refractivity contribution in [2.45, 2.75) is 6.92 Å². The number of hydrogen-bond acceptors (Lipinski definition) is 2. The van der Waals surface area contributed by atoms with Gasteiger partial charge in [0.05, 0.1) is 11.4 Å². The van der Waals surface area contributed by atoms with Crippen molar-refractivity contribution in [3.05, 3.63) is 64.1 Å². The fourth-order valence-corrected chi connectivity index (χ4v) is 1.90. The fraction of sp³-hybridized carbons (Fsp3) is 0.0714. The first-order valence-corrected chi connectivity index (χ1v) is 6.37. The number of anilines is 1. The Labute approximate surface area is 118 Å². The third-order valence-electron chi connectivity index (χ3n) is 2.52. The third-order valence-corrected chi connectivity index (χ3v) is 3.01. The molecule has 0 aliphatic rings. The lowest BCUT2D eigenvalue weighted by Gasteiger charge is -2.05. The standard InChI is InChI=1S/C14H11BrF2N2/c1-9(10-3-2-4-11(15)7-10)18-19-14-6-5-12(16)8-13(14)17/h2-8,19H,1H3. The van der Waals surface area contributed by atoms with E-state index in [-0.39, 0.29) is 5.69 Å². The lowest BCUT2D eigenvalue weighted by molar-refractivity contribution is 0.585. The number of benzene rings is 2. The van der Waals surface area contributed by atoms with E-state index in [1.165, 1.54) is 12.1 Å². The van der Waals surface area contributed by atoms with Gasteiger partial charge in [-0.05, 0) is 36.8 Å². The normalized spacial score (nSPS) is 11.5. The summed E-state index contributed by atoms with van der Waals surface area (Å²) in [5.41, 5.74) is 4.33. The van der Waals surface area contributed by atoms with Crippen LogP contribution in [0.15, 0.2) is 52.0 Å². The highest BCUT2D eigenvalue weighted by atomic mass is 79.9. The molecule has 5 heteroatoms. The molecule has 0 aliphatic heterocycles. The van der Waals surface area contributed by atoms with E-state index >= 15 is 0 Å². The third kappa shape index (κ3) is 3.61. The van der Waals surface area contributed by atoms with Crippen LogP contribution in [-0.2, 0) is 0 Å². The monoisotopic (exact) mass is 324 g/mol. The summed E-state index contributed by atoms with van der Waals surface area (Å²) in [5.74, 6) is -1.29. The molecule has 2 nitrogen and oxygen atoms in total. The van der Waals surface area contributed by atoms with E-state index in [1.54, 1.807) is 6.92 Å². The van der Waals surface area contributed by atoms with Crippen molar-refractivity contribution in [3.8, 4) is 0 Å². The minimum atomic E-state index is -0.675. The van der Waals surface area contributed by atoms with Crippen molar-refractivity contribution < 1.29 is 8.78 Å². The lowest BCUT2D eigenvalue weighted by Crippen LogP contribution is -2.01. The van der Waals surface area contributed by atoms with Crippen LogP contribution >= 0.6 is 15.9 Å². The summed E-state index contributed by atoms with van der Waals surface area (Å²) in [6, 6.07) is 10.9. The van der Waals surface area contributed by atoms with Gasteiger partial charge in [0.25, 0.3) is 0 Å². The summed E-state index contributed by atoms with van der Waals surface area (Å²) in [5, 5.41) is 4.08. The summed E-state index contributed by atoms with van der Waals surface area (Å²) in [6.07, 6.45) is 0. The van der Waals surface area contributed by atoms with Crippen molar-refractivity contribution in [1.29, 1.82) is 0 Å². The highest BCUT2D eigenvalue weighted by molar-refractivity contribution is 9.10. The van der Waals surface area contributed by atoms with Crippen LogP contribution in [0.5, 0.6) is 0 Å². The molecule has 0 atom stereocenters. The van der Waals surface area contributed by atoms with E-state index in [4.69, 9.17) is 0 Å². The summed E-state index contributed by atoms with van der Waals surface area (Å²) >= 11 is 3.37. The van der Waals surface area contributed by atoms with Gasteiger partial charge in [-0.25, -0.2) is 8.78 Å². The van der Waals surface area contributed by atoms with Gasteiger partial charge < -0.3 is 0 Å². The van der Waals surface area contributed by atoms with E-state index in [1.807, 2.05) is 24.3 Å². The Kier molecular flexibility index (Phi) is 4.27. The second-order valence-corrected chi connectivity index (χ2v) is 4.86. The fourth-order valence-electron chi connectivity index (χ4n) is 1.50. The summed E-state index contributed by atoms with van der Waals surface area (Å²) in [4.78, 5) is 0. The molecule has 0 saturated carbocycles. The number of halogens is 3. The molecule has 0 aromatic heterocycles. The maximum absolute atomic E-state index is 13.4. The van der Waals surface area contributed by atoms with Gasteiger partial charge in [0.1, 0.15) is 5.82 Å². The van der Waals surface area contributed by atoms with Crippen LogP contribution in [0.25, 0.3) is 0 Å². The van der Waals surface area contributed by atoms with Crippen LogP contribution in [0.1, 0.15) is 12.5 Å². The molecule has 0 unspecified atom stereocenters. The van der Waals surface area contributed by atoms with Crippen molar-refractivity contribution in [2.75, 3.05) is 5.43 Å². The average Bonchev–Trinajstić information content (AvgIpc) is 2.37. The molecule has 2 aromatic carbocycles. The van der Waals surface area contributed by atoms with Crippen LogP contribution in [0.2, 0.25) is 0 Å². The lowest BCUT2D eigenvalue weighted by atomic mass is 10.1. The SMILES string of the molecule is CC(=NNc1ccc(F)cc1F)c1cccc(Br)c1. The van der Waals surface area contributed by atoms with Gasteiger partial charge in [-0.15, -0.1) is 0 Å². The van der Waals surface area contributed by atoms with Gasteiger partial charge in [0.2, 0.25) is 0 Å². The van der Waals surface area contributed by atoms with Crippen molar-refractivity contribution in [3.63, 3.8) is 0 Å². The molecular formula is C14H11BrF2N2. The predicted molar refractivity (Wildman–Crippen MR) is 76.3 cm³/mol. The molecule has 0 aliphatic carbocycles. The zero-order valence-corrected chi connectivity index (χ0v) is 11.7. The molecule has 0 fully saturated rings. The van der Waals surface area contributed by atoms with Crippen LogP contribution in [-0.4, -0.2) is 5.71 Å². The quantitative estimate of drug-likeness (QED) is 0.649. The van der Waals surface area contributed by atoms with Gasteiger partial charge in [-0.2, -0.15) is 5.10 Å². The Morgan fingerprint density at radius 1 is 1.16 bits per heavy atom. The molecule has 1 N–H and O–H groups in total. The van der Waals surface area contributed by atoms with Crippen LogP contribution in [0.4, 0.5) is 14.5 Å². The average molecular weight is 325 g/mol. The van der Waals surface area contributed by atoms with Crippen LogP contribution in [0.3, 0.4) is 0 Å². The maximum Gasteiger partial charge on any atom is 0.151 e. The van der Waals surface area contributed by atoms with Gasteiger partial charge in [0, 0.05) is 10.5 Å². The number of hydrogen-bond donors (Lipinski definition) is 1. The molecular weight excluding hydrogens is 314 g/mol. The van der Waals surface area contributed by atoms with Crippen molar-refractivity contribution in [2.24, 2.45) is 5.10 Å². The minimum absolute atomic E-state index is 0.135. The highest BCUT2D eigenvalue weighted by Crippen LogP contribution is 2.16. The molecule has 0 saturated heterocycles. The molecule has 98 valence electrons. The minimum Gasteiger partial charge on any atom is -0.275 e. The summed E-state index contributed by atoms with van der Waals surface area (Å²) in [7, 11) is 0. The Balaban J connectivity index is 2.18. The van der Waals surface area contributed by atoms with Gasteiger partial charge in [-0.1, -0.05) is 28.1 Å². The number of hydrazone groups is 1. The molecule has 0 radical (unpaired) electrons. The molecule has 19 heavy (non-hydrogen) atoms. The molecule has 2 aromatic rings.